The summed E-state index contributed by atoms with van der Waals surface area (Å²) in [6, 6.07) is 0. The first-order valence-electron chi connectivity index (χ1n) is 5.81. The maximum absolute atomic E-state index is 10.8. The summed E-state index contributed by atoms with van der Waals surface area (Å²) in [6.45, 7) is 5.67. The Bertz CT molecular complexity index is 189. The predicted octanol–water partition coefficient (Wildman–Crippen LogP) is 2.32. The summed E-state index contributed by atoms with van der Waals surface area (Å²) in [7, 11) is 1.67. The van der Waals surface area contributed by atoms with Gasteiger partial charge in [0.05, 0.1) is 5.41 Å². The number of carboxylic acid groups (broad SMARTS) is 1. The van der Waals surface area contributed by atoms with Gasteiger partial charge in [-0.2, -0.15) is 0 Å². The second kappa shape index (κ2) is 8.53. The van der Waals surface area contributed by atoms with Crippen molar-refractivity contribution in [1.82, 2.24) is 0 Å². The first-order valence-corrected chi connectivity index (χ1v) is 5.81. The average molecular weight is 232 g/mol. The Hall–Kier alpha value is -0.610. The van der Waals surface area contributed by atoms with Crippen molar-refractivity contribution in [3.63, 3.8) is 0 Å². The zero-order chi connectivity index (χ0) is 12.4. The maximum Gasteiger partial charge on any atom is 0.309 e. The van der Waals surface area contributed by atoms with Crippen LogP contribution < -0.4 is 0 Å². The van der Waals surface area contributed by atoms with Crippen molar-refractivity contribution >= 4 is 5.97 Å². The molecule has 1 N–H and O–H groups in total. The molecule has 0 aliphatic rings. The van der Waals surface area contributed by atoms with Crippen molar-refractivity contribution in [3.05, 3.63) is 0 Å². The zero-order valence-corrected chi connectivity index (χ0v) is 10.6. The number of carboxylic acids is 1. The molecule has 96 valence electrons. The molecule has 0 aromatic carbocycles. The Morgan fingerprint density at radius 2 is 1.75 bits per heavy atom. The van der Waals surface area contributed by atoms with E-state index in [0.29, 0.717) is 13.0 Å². The van der Waals surface area contributed by atoms with Gasteiger partial charge in [-0.25, -0.2) is 0 Å². The van der Waals surface area contributed by atoms with Crippen LogP contribution in [0.4, 0.5) is 0 Å². The van der Waals surface area contributed by atoms with Crippen LogP contribution in [0.15, 0.2) is 0 Å². The van der Waals surface area contributed by atoms with E-state index in [1.165, 1.54) is 0 Å². The third-order valence-electron chi connectivity index (χ3n) is 2.56. The molecule has 0 fully saturated rings. The SMILES string of the molecule is COCCCOCCCCC(C)(C)C(=O)O. The topological polar surface area (TPSA) is 55.8 Å². The highest BCUT2D eigenvalue weighted by atomic mass is 16.5. The molecule has 0 atom stereocenters. The molecule has 4 nitrogen and oxygen atoms in total. The molecule has 0 saturated heterocycles. The molecular formula is C12H24O4. The molecule has 0 amide bonds. The largest absolute Gasteiger partial charge is 0.481 e. The molecule has 0 unspecified atom stereocenters. The van der Waals surface area contributed by atoms with E-state index in [4.69, 9.17) is 14.6 Å². The Balaban J connectivity index is 3.30. The van der Waals surface area contributed by atoms with Gasteiger partial charge < -0.3 is 14.6 Å². The monoisotopic (exact) mass is 232 g/mol. The van der Waals surface area contributed by atoms with Crippen molar-refractivity contribution in [2.75, 3.05) is 26.9 Å². The number of aliphatic carboxylic acids is 1. The van der Waals surface area contributed by atoms with Gasteiger partial charge in [0.15, 0.2) is 0 Å². The molecule has 4 heteroatoms. The smallest absolute Gasteiger partial charge is 0.309 e. The second-order valence-electron chi connectivity index (χ2n) is 4.60. The summed E-state index contributed by atoms with van der Waals surface area (Å²) in [5.41, 5.74) is -0.615. The first-order chi connectivity index (χ1) is 7.50. The van der Waals surface area contributed by atoms with E-state index < -0.39 is 11.4 Å². The van der Waals surface area contributed by atoms with Gasteiger partial charge >= 0.3 is 5.97 Å². The van der Waals surface area contributed by atoms with Crippen LogP contribution in [-0.2, 0) is 14.3 Å². The highest BCUT2D eigenvalue weighted by molar-refractivity contribution is 5.73. The molecular weight excluding hydrogens is 208 g/mol. The zero-order valence-electron chi connectivity index (χ0n) is 10.6. The minimum absolute atomic E-state index is 0.615. The lowest BCUT2D eigenvalue weighted by Crippen LogP contribution is -2.23. The summed E-state index contributed by atoms with van der Waals surface area (Å²) < 4.78 is 10.3. The normalized spacial score (nSPS) is 11.7. The highest BCUT2D eigenvalue weighted by Gasteiger charge is 2.25. The summed E-state index contributed by atoms with van der Waals surface area (Å²) in [5.74, 6) is -0.728. The Morgan fingerprint density at radius 3 is 2.31 bits per heavy atom. The number of rotatable bonds is 10. The van der Waals surface area contributed by atoms with Crippen LogP contribution in [0.25, 0.3) is 0 Å². The van der Waals surface area contributed by atoms with E-state index in [0.717, 1.165) is 32.5 Å². The minimum atomic E-state index is -0.728. The van der Waals surface area contributed by atoms with Crippen molar-refractivity contribution < 1.29 is 19.4 Å². The van der Waals surface area contributed by atoms with Gasteiger partial charge in [0.2, 0.25) is 0 Å². The van der Waals surface area contributed by atoms with Crippen molar-refractivity contribution in [2.24, 2.45) is 5.41 Å². The molecule has 0 spiro atoms. The van der Waals surface area contributed by atoms with Gasteiger partial charge in [0.25, 0.3) is 0 Å². The third-order valence-corrected chi connectivity index (χ3v) is 2.56. The number of ether oxygens (including phenoxy) is 2. The molecule has 0 radical (unpaired) electrons. The molecule has 0 aliphatic heterocycles. The molecule has 0 aromatic rings. The number of unbranched alkanes of at least 4 members (excludes halogenated alkanes) is 1. The number of hydrogen-bond donors (Lipinski definition) is 1. The van der Waals surface area contributed by atoms with E-state index in [-0.39, 0.29) is 0 Å². The van der Waals surface area contributed by atoms with E-state index >= 15 is 0 Å². The standard InChI is InChI=1S/C12H24O4/c1-12(2,11(13)14)7-4-5-9-16-10-6-8-15-3/h4-10H2,1-3H3,(H,13,14). The highest BCUT2D eigenvalue weighted by Crippen LogP contribution is 2.23. The van der Waals surface area contributed by atoms with Crippen LogP contribution in [0.2, 0.25) is 0 Å². The van der Waals surface area contributed by atoms with Gasteiger partial charge in [-0.15, -0.1) is 0 Å². The first kappa shape index (κ1) is 15.4. The maximum atomic E-state index is 10.8. The number of methoxy groups -OCH3 is 1. The van der Waals surface area contributed by atoms with Crippen molar-refractivity contribution in [1.29, 1.82) is 0 Å². The van der Waals surface area contributed by atoms with Crippen LogP contribution >= 0.6 is 0 Å². The van der Waals surface area contributed by atoms with E-state index in [1.54, 1.807) is 21.0 Å². The van der Waals surface area contributed by atoms with Crippen molar-refractivity contribution in [3.8, 4) is 0 Å². The van der Waals surface area contributed by atoms with Crippen LogP contribution in [0, 0.1) is 5.41 Å². The fourth-order valence-corrected chi connectivity index (χ4v) is 1.29. The van der Waals surface area contributed by atoms with Gasteiger partial charge in [-0.1, -0.05) is 6.42 Å². The van der Waals surface area contributed by atoms with E-state index in [2.05, 4.69) is 0 Å². The molecule has 0 rings (SSSR count). The van der Waals surface area contributed by atoms with Gasteiger partial charge in [0.1, 0.15) is 0 Å². The fourth-order valence-electron chi connectivity index (χ4n) is 1.29. The number of carbonyl (C=O) groups is 1. The molecule has 0 aromatic heterocycles. The van der Waals surface area contributed by atoms with Gasteiger partial charge in [-0.05, 0) is 33.1 Å². The summed E-state index contributed by atoms with van der Waals surface area (Å²) in [6.07, 6.45) is 3.42. The summed E-state index contributed by atoms with van der Waals surface area (Å²) >= 11 is 0. The van der Waals surface area contributed by atoms with Crippen LogP contribution in [0.3, 0.4) is 0 Å². The lowest BCUT2D eigenvalue weighted by molar-refractivity contribution is -0.147. The van der Waals surface area contributed by atoms with E-state index in [9.17, 15) is 4.79 Å². The Morgan fingerprint density at radius 1 is 1.12 bits per heavy atom. The second-order valence-corrected chi connectivity index (χ2v) is 4.60. The molecule has 0 aliphatic carbocycles. The van der Waals surface area contributed by atoms with Gasteiger partial charge in [0, 0.05) is 26.9 Å². The lowest BCUT2D eigenvalue weighted by Gasteiger charge is -2.18. The molecule has 0 heterocycles. The summed E-state index contributed by atoms with van der Waals surface area (Å²) in [4.78, 5) is 10.8. The van der Waals surface area contributed by atoms with Crippen molar-refractivity contribution in [2.45, 2.75) is 39.5 Å². The average Bonchev–Trinajstić information content (AvgIpc) is 2.21. The Kier molecular flexibility index (Phi) is 8.21. The Labute approximate surface area is 97.9 Å². The quantitative estimate of drug-likeness (QED) is 0.587. The molecule has 0 saturated carbocycles. The van der Waals surface area contributed by atoms with Gasteiger partial charge in [-0.3, -0.25) is 4.79 Å². The number of hydrogen-bond acceptors (Lipinski definition) is 3. The molecule has 0 bridgehead atoms. The van der Waals surface area contributed by atoms with Crippen LogP contribution in [-0.4, -0.2) is 38.0 Å². The van der Waals surface area contributed by atoms with Crippen LogP contribution in [0.5, 0.6) is 0 Å². The lowest BCUT2D eigenvalue weighted by atomic mass is 9.87. The third kappa shape index (κ3) is 7.65. The van der Waals surface area contributed by atoms with E-state index in [1.807, 2.05) is 0 Å². The summed E-state index contributed by atoms with van der Waals surface area (Å²) in [5, 5.41) is 8.90. The molecule has 16 heavy (non-hydrogen) atoms. The van der Waals surface area contributed by atoms with Crippen LogP contribution in [0.1, 0.15) is 39.5 Å². The minimum Gasteiger partial charge on any atom is -0.481 e. The fraction of sp³-hybridized carbons (Fsp3) is 0.917. The predicted molar refractivity (Wildman–Crippen MR) is 62.6 cm³/mol.